The quantitative estimate of drug-likeness (QED) is 0.679. The summed E-state index contributed by atoms with van der Waals surface area (Å²) in [5.41, 5.74) is -0.646. The van der Waals surface area contributed by atoms with E-state index in [0.717, 1.165) is 0 Å². The van der Waals surface area contributed by atoms with Crippen molar-refractivity contribution < 1.29 is 18.3 Å². The van der Waals surface area contributed by atoms with E-state index in [4.69, 9.17) is 5.11 Å². The SMILES string of the molecule is O=c1[nH]ccnc1NCC(O)C(F)(F)F. The zero-order valence-electron chi connectivity index (χ0n) is 7.38. The second kappa shape index (κ2) is 4.30. The normalized spacial score (nSPS) is 13.6. The van der Waals surface area contributed by atoms with Crippen molar-refractivity contribution in [3.8, 4) is 0 Å². The van der Waals surface area contributed by atoms with Crippen molar-refractivity contribution in [3.63, 3.8) is 0 Å². The molecule has 0 amide bonds. The topological polar surface area (TPSA) is 78.0 Å². The molecule has 1 atom stereocenters. The van der Waals surface area contributed by atoms with Gasteiger partial charge in [0, 0.05) is 12.4 Å². The van der Waals surface area contributed by atoms with Gasteiger partial charge < -0.3 is 15.4 Å². The lowest BCUT2D eigenvalue weighted by Gasteiger charge is -2.14. The highest BCUT2D eigenvalue weighted by Crippen LogP contribution is 2.19. The van der Waals surface area contributed by atoms with Gasteiger partial charge in [0.25, 0.3) is 5.56 Å². The third-order valence-corrected chi connectivity index (χ3v) is 1.55. The first-order chi connectivity index (χ1) is 6.91. The number of aliphatic hydroxyl groups excluding tert-OH is 1. The number of aromatic amines is 1. The standard InChI is InChI=1S/C7H8F3N3O2/c8-7(9,10)4(14)3-13-5-6(15)12-2-1-11-5/h1-2,4,14H,3H2,(H,11,13)(H,12,15). The zero-order chi connectivity index (χ0) is 11.5. The molecule has 0 aliphatic heterocycles. The monoisotopic (exact) mass is 223 g/mol. The highest BCUT2D eigenvalue weighted by atomic mass is 19.4. The Morgan fingerprint density at radius 1 is 1.60 bits per heavy atom. The van der Waals surface area contributed by atoms with Crippen LogP contribution in [-0.2, 0) is 0 Å². The van der Waals surface area contributed by atoms with Crippen LogP contribution in [0.5, 0.6) is 0 Å². The minimum Gasteiger partial charge on any atom is -0.382 e. The van der Waals surface area contributed by atoms with Gasteiger partial charge in [-0.25, -0.2) is 4.98 Å². The molecule has 0 aliphatic carbocycles. The fourth-order valence-corrected chi connectivity index (χ4v) is 0.787. The van der Waals surface area contributed by atoms with Crippen LogP contribution in [0, 0.1) is 0 Å². The molecule has 1 unspecified atom stereocenters. The van der Waals surface area contributed by atoms with Crippen LogP contribution < -0.4 is 10.9 Å². The molecule has 1 aromatic rings. The Hall–Kier alpha value is -1.57. The summed E-state index contributed by atoms with van der Waals surface area (Å²) in [4.78, 5) is 16.7. The van der Waals surface area contributed by atoms with E-state index in [2.05, 4.69) is 15.3 Å². The van der Waals surface area contributed by atoms with Crippen molar-refractivity contribution >= 4 is 5.82 Å². The van der Waals surface area contributed by atoms with E-state index >= 15 is 0 Å². The number of alkyl halides is 3. The van der Waals surface area contributed by atoms with Crippen LogP contribution >= 0.6 is 0 Å². The number of hydrogen-bond donors (Lipinski definition) is 3. The molecule has 8 heteroatoms. The molecular weight excluding hydrogens is 215 g/mol. The second-order valence-corrected chi connectivity index (χ2v) is 2.71. The minimum absolute atomic E-state index is 0.263. The lowest BCUT2D eigenvalue weighted by Crippen LogP contribution is -2.36. The van der Waals surface area contributed by atoms with Crippen molar-refractivity contribution in [2.75, 3.05) is 11.9 Å². The first kappa shape index (κ1) is 11.5. The van der Waals surface area contributed by atoms with Crippen molar-refractivity contribution in [2.24, 2.45) is 0 Å². The van der Waals surface area contributed by atoms with Gasteiger partial charge in [0.15, 0.2) is 11.9 Å². The summed E-state index contributed by atoms with van der Waals surface area (Å²) in [5.74, 6) is -0.263. The Morgan fingerprint density at radius 3 is 2.80 bits per heavy atom. The van der Waals surface area contributed by atoms with Crippen LogP contribution in [-0.4, -0.2) is 33.9 Å². The highest BCUT2D eigenvalue weighted by molar-refractivity contribution is 5.30. The Bertz CT molecular complexity index is 376. The van der Waals surface area contributed by atoms with E-state index < -0.39 is 24.4 Å². The van der Waals surface area contributed by atoms with Crippen molar-refractivity contribution in [3.05, 3.63) is 22.7 Å². The van der Waals surface area contributed by atoms with Gasteiger partial charge in [0.2, 0.25) is 0 Å². The molecule has 0 saturated carbocycles. The first-order valence-corrected chi connectivity index (χ1v) is 3.93. The molecule has 0 bridgehead atoms. The van der Waals surface area contributed by atoms with Crippen LogP contribution in [0.3, 0.4) is 0 Å². The Morgan fingerprint density at radius 2 is 2.27 bits per heavy atom. The van der Waals surface area contributed by atoms with Crippen LogP contribution in [0.1, 0.15) is 0 Å². The molecule has 0 fully saturated rings. The minimum atomic E-state index is -4.71. The Kier molecular flexibility index (Phi) is 3.30. The van der Waals surface area contributed by atoms with Gasteiger partial charge in [-0.3, -0.25) is 4.79 Å². The number of hydrogen-bond acceptors (Lipinski definition) is 4. The van der Waals surface area contributed by atoms with Gasteiger partial charge in [-0.15, -0.1) is 0 Å². The van der Waals surface area contributed by atoms with Crippen LogP contribution in [0.2, 0.25) is 0 Å². The number of rotatable bonds is 3. The number of nitrogens with zero attached hydrogens (tertiary/aromatic N) is 1. The predicted molar refractivity (Wildman–Crippen MR) is 45.4 cm³/mol. The predicted octanol–water partition coefficient (Wildman–Crippen LogP) is 0.105. The summed E-state index contributed by atoms with van der Waals surface area (Å²) < 4.78 is 35.6. The van der Waals surface area contributed by atoms with Gasteiger partial charge in [-0.1, -0.05) is 0 Å². The van der Waals surface area contributed by atoms with Gasteiger partial charge >= 0.3 is 6.18 Å². The van der Waals surface area contributed by atoms with E-state index in [0.29, 0.717) is 0 Å². The van der Waals surface area contributed by atoms with Gasteiger partial charge in [-0.2, -0.15) is 13.2 Å². The van der Waals surface area contributed by atoms with Crippen LogP contribution in [0.15, 0.2) is 17.2 Å². The molecule has 3 N–H and O–H groups in total. The first-order valence-electron chi connectivity index (χ1n) is 3.93. The van der Waals surface area contributed by atoms with Crippen molar-refractivity contribution in [1.29, 1.82) is 0 Å². The lowest BCUT2D eigenvalue weighted by atomic mass is 10.3. The summed E-state index contributed by atoms with van der Waals surface area (Å²) in [5, 5.41) is 10.7. The third kappa shape index (κ3) is 3.24. The molecule has 0 aliphatic rings. The maximum Gasteiger partial charge on any atom is 0.416 e. The highest BCUT2D eigenvalue weighted by Gasteiger charge is 2.37. The summed E-state index contributed by atoms with van der Waals surface area (Å²) in [6.07, 6.45) is -4.79. The molecule has 0 aromatic carbocycles. The number of halogens is 3. The average Bonchev–Trinajstić information content (AvgIpc) is 2.14. The van der Waals surface area contributed by atoms with Crippen LogP contribution in [0.25, 0.3) is 0 Å². The lowest BCUT2D eigenvalue weighted by molar-refractivity contribution is -0.198. The molecule has 1 rings (SSSR count). The molecule has 1 aromatic heterocycles. The maximum absolute atomic E-state index is 11.9. The van der Waals surface area contributed by atoms with Crippen LogP contribution in [0.4, 0.5) is 19.0 Å². The summed E-state index contributed by atoms with van der Waals surface area (Å²) in [7, 11) is 0. The third-order valence-electron chi connectivity index (χ3n) is 1.55. The number of aromatic nitrogens is 2. The van der Waals surface area contributed by atoms with E-state index in [1.807, 2.05) is 0 Å². The van der Waals surface area contributed by atoms with Gasteiger partial charge in [0.1, 0.15) is 0 Å². The molecule has 0 radical (unpaired) electrons. The zero-order valence-corrected chi connectivity index (χ0v) is 7.38. The molecule has 1 heterocycles. The number of H-pyrrole nitrogens is 1. The van der Waals surface area contributed by atoms with E-state index in [-0.39, 0.29) is 5.82 Å². The van der Waals surface area contributed by atoms with Crippen molar-refractivity contribution in [1.82, 2.24) is 9.97 Å². The summed E-state index contributed by atoms with van der Waals surface area (Å²) in [6, 6.07) is 0. The Labute approximate surface area is 82.0 Å². The fourth-order valence-electron chi connectivity index (χ4n) is 0.787. The average molecular weight is 223 g/mol. The summed E-state index contributed by atoms with van der Waals surface area (Å²) >= 11 is 0. The van der Waals surface area contributed by atoms with E-state index in [1.54, 1.807) is 0 Å². The fraction of sp³-hybridized carbons (Fsp3) is 0.429. The molecule has 0 saturated heterocycles. The maximum atomic E-state index is 11.9. The molecule has 0 spiro atoms. The second-order valence-electron chi connectivity index (χ2n) is 2.71. The van der Waals surface area contributed by atoms with E-state index in [9.17, 15) is 18.0 Å². The molecule has 15 heavy (non-hydrogen) atoms. The smallest absolute Gasteiger partial charge is 0.382 e. The van der Waals surface area contributed by atoms with Crippen molar-refractivity contribution in [2.45, 2.75) is 12.3 Å². The largest absolute Gasteiger partial charge is 0.416 e. The molecular formula is C7H8F3N3O2. The summed E-state index contributed by atoms with van der Waals surface area (Å²) in [6.45, 7) is -0.816. The number of aliphatic hydroxyl groups is 1. The van der Waals surface area contributed by atoms with Gasteiger partial charge in [0.05, 0.1) is 6.54 Å². The molecule has 84 valence electrons. The van der Waals surface area contributed by atoms with Gasteiger partial charge in [-0.05, 0) is 0 Å². The Balaban J connectivity index is 2.59. The molecule has 5 nitrogen and oxygen atoms in total. The number of anilines is 1. The number of nitrogens with one attached hydrogen (secondary N) is 2. The van der Waals surface area contributed by atoms with E-state index in [1.165, 1.54) is 12.4 Å².